The molecule has 1 spiro atoms. The van der Waals surface area contributed by atoms with Crippen LogP contribution in [0.3, 0.4) is 0 Å². The molecule has 3 fully saturated rings. The standard InChI is InChI=1S/C22H31N5O6/c28-18(17-7-4-12-33-17)25-16(19(29)30)13-23-21(32)26-10-8-22(9-11-26)20(31)24-14-27(22)15-5-2-1-3-6-15/h2,5-6,16-17H,1,3-4,7-14H2,(H,23,32)(H,24,31)(H,25,28)(H,29,30). The SMILES string of the molecule is O=C(O)C(CNC(=O)N1CCC2(CC1)C(=O)NCN2C1=CCCC=C1)NC(=O)C1CCCO1. The van der Waals surface area contributed by atoms with Crippen LogP contribution in [-0.2, 0) is 19.1 Å². The first kappa shape index (κ1) is 23.1. The molecule has 0 aromatic heterocycles. The summed E-state index contributed by atoms with van der Waals surface area (Å²) in [5.74, 6) is -1.73. The van der Waals surface area contributed by atoms with Gasteiger partial charge in [-0.1, -0.05) is 12.2 Å². The molecule has 0 saturated carbocycles. The zero-order valence-corrected chi connectivity index (χ0v) is 18.5. The van der Waals surface area contributed by atoms with E-state index in [1.807, 2.05) is 6.08 Å². The van der Waals surface area contributed by atoms with Crippen LogP contribution >= 0.6 is 0 Å². The Morgan fingerprint density at radius 3 is 2.70 bits per heavy atom. The van der Waals surface area contributed by atoms with Gasteiger partial charge in [-0.25, -0.2) is 9.59 Å². The predicted molar refractivity (Wildman–Crippen MR) is 117 cm³/mol. The summed E-state index contributed by atoms with van der Waals surface area (Å²) in [6, 6.07) is -1.66. The molecule has 4 aliphatic rings. The van der Waals surface area contributed by atoms with E-state index in [9.17, 15) is 24.3 Å². The number of likely N-dealkylation sites (tertiary alicyclic amines) is 1. The van der Waals surface area contributed by atoms with Crippen LogP contribution in [0.1, 0.15) is 38.5 Å². The zero-order valence-electron chi connectivity index (χ0n) is 18.5. The smallest absolute Gasteiger partial charge is 0.328 e. The quantitative estimate of drug-likeness (QED) is 0.433. The minimum Gasteiger partial charge on any atom is -0.480 e. The summed E-state index contributed by atoms with van der Waals surface area (Å²) in [4.78, 5) is 52.8. The average Bonchev–Trinajstić information content (AvgIpc) is 3.47. The molecular formula is C22H31N5O6. The second kappa shape index (κ2) is 9.82. The van der Waals surface area contributed by atoms with Gasteiger partial charge in [0.1, 0.15) is 17.7 Å². The van der Waals surface area contributed by atoms with Crippen molar-refractivity contribution >= 4 is 23.8 Å². The predicted octanol–water partition coefficient (Wildman–Crippen LogP) is -0.0978. The largest absolute Gasteiger partial charge is 0.480 e. The van der Waals surface area contributed by atoms with E-state index in [4.69, 9.17) is 4.74 Å². The topological polar surface area (TPSA) is 140 Å². The Morgan fingerprint density at radius 1 is 1.27 bits per heavy atom. The Kier molecular flexibility index (Phi) is 6.87. The number of rotatable bonds is 6. The molecule has 2 atom stereocenters. The second-order valence-electron chi connectivity index (χ2n) is 8.81. The van der Waals surface area contributed by atoms with Crippen molar-refractivity contribution in [3.8, 4) is 0 Å². The number of amides is 4. The molecular weight excluding hydrogens is 430 g/mol. The number of aliphatic carboxylic acids is 1. The molecule has 4 N–H and O–H groups in total. The number of ether oxygens (including phenoxy) is 1. The molecule has 180 valence electrons. The van der Waals surface area contributed by atoms with Crippen LogP contribution in [0.15, 0.2) is 23.9 Å². The van der Waals surface area contributed by atoms with Crippen LogP contribution in [0.25, 0.3) is 0 Å². The van der Waals surface area contributed by atoms with Crippen molar-refractivity contribution < 1.29 is 29.0 Å². The van der Waals surface area contributed by atoms with Gasteiger partial charge in [-0.05, 0) is 44.6 Å². The van der Waals surface area contributed by atoms with Crippen molar-refractivity contribution in [3.05, 3.63) is 23.9 Å². The summed E-state index contributed by atoms with van der Waals surface area (Å²) < 4.78 is 5.28. The van der Waals surface area contributed by atoms with Crippen LogP contribution in [0.2, 0.25) is 0 Å². The number of nitrogens with zero attached hydrogens (tertiary/aromatic N) is 2. The van der Waals surface area contributed by atoms with Crippen molar-refractivity contribution in [2.45, 2.75) is 56.2 Å². The Labute approximate surface area is 192 Å². The first-order valence-electron chi connectivity index (χ1n) is 11.5. The molecule has 0 aromatic rings. The molecule has 0 aromatic carbocycles. The van der Waals surface area contributed by atoms with E-state index in [-0.39, 0.29) is 12.5 Å². The number of carboxylic acids is 1. The number of urea groups is 1. The van der Waals surface area contributed by atoms with Crippen LogP contribution in [0, 0.1) is 0 Å². The Bertz CT molecular complexity index is 857. The number of carbonyl (C=O) groups is 4. The number of nitrogens with one attached hydrogen (secondary N) is 3. The van der Waals surface area contributed by atoms with Crippen LogP contribution in [0.4, 0.5) is 4.79 Å². The highest BCUT2D eigenvalue weighted by molar-refractivity contribution is 5.89. The summed E-state index contributed by atoms with van der Waals surface area (Å²) in [7, 11) is 0. The second-order valence-corrected chi connectivity index (χ2v) is 8.81. The number of piperidine rings is 1. The normalized spacial score (nSPS) is 24.9. The number of hydrogen-bond acceptors (Lipinski definition) is 6. The highest BCUT2D eigenvalue weighted by Gasteiger charge is 2.51. The maximum Gasteiger partial charge on any atom is 0.328 e. The van der Waals surface area contributed by atoms with Gasteiger partial charge in [0.05, 0.1) is 13.2 Å². The lowest BCUT2D eigenvalue weighted by atomic mass is 9.85. The van der Waals surface area contributed by atoms with Gasteiger partial charge in [-0.15, -0.1) is 0 Å². The van der Waals surface area contributed by atoms with E-state index < -0.39 is 35.6 Å². The molecule has 11 nitrogen and oxygen atoms in total. The molecule has 3 saturated heterocycles. The number of hydrogen-bond donors (Lipinski definition) is 4. The third kappa shape index (κ3) is 4.82. The maximum atomic E-state index is 12.7. The molecule has 11 heteroatoms. The summed E-state index contributed by atoms with van der Waals surface area (Å²) in [5.41, 5.74) is 0.354. The summed E-state index contributed by atoms with van der Waals surface area (Å²) in [6.07, 6.45) is 9.84. The minimum atomic E-state index is -1.25. The van der Waals surface area contributed by atoms with E-state index in [0.717, 1.165) is 25.0 Å². The Morgan fingerprint density at radius 2 is 2.06 bits per heavy atom. The van der Waals surface area contributed by atoms with E-state index in [1.54, 1.807) is 4.90 Å². The summed E-state index contributed by atoms with van der Waals surface area (Å²) >= 11 is 0. The minimum absolute atomic E-state index is 0.0229. The fraction of sp³-hybridized carbons (Fsp3) is 0.636. The van der Waals surface area contributed by atoms with Crippen LogP contribution in [-0.4, -0.2) is 89.3 Å². The van der Waals surface area contributed by atoms with E-state index >= 15 is 0 Å². The third-order valence-electron chi connectivity index (χ3n) is 6.80. The summed E-state index contributed by atoms with van der Waals surface area (Å²) in [5, 5.41) is 17.4. The van der Waals surface area contributed by atoms with Gasteiger partial charge in [0.2, 0.25) is 11.8 Å². The average molecular weight is 462 g/mol. The molecule has 1 aliphatic carbocycles. The van der Waals surface area contributed by atoms with Gasteiger partial charge >= 0.3 is 12.0 Å². The molecule has 0 radical (unpaired) electrons. The number of carboxylic acid groups (broad SMARTS) is 1. The van der Waals surface area contributed by atoms with E-state index in [0.29, 0.717) is 45.6 Å². The fourth-order valence-corrected chi connectivity index (χ4v) is 4.85. The lowest BCUT2D eigenvalue weighted by Crippen LogP contribution is -2.58. The van der Waals surface area contributed by atoms with Crippen molar-refractivity contribution in [3.63, 3.8) is 0 Å². The monoisotopic (exact) mass is 461 g/mol. The van der Waals surface area contributed by atoms with Crippen LogP contribution < -0.4 is 16.0 Å². The highest BCUT2D eigenvalue weighted by atomic mass is 16.5. The van der Waals surface area contributed by atoms with Gasteiger partial charge < -0.3 is 35.6 Å². The van der Waals surface area contributed by atoms with Crippen molar-refractivity contribution in [2.75, 3.05) is 32.9 Å². The zero-order chi connectivity index (χ0) is 23.4. The first-order chi connectivity index (χ1) is 15.9. The summed E-state index contributed by atoms with van der Waals surface area (Å²) in [6.45, 7) is 1.43. The fourth-order valence-electron chi connectivity index (χ4n) is 4.85. The van der Waals surface area contributed by atoms with Crippen molar-refractivity contribution in [1.29, 1.82) is 0 Å². The molecule has 0 bridgehead atoms. The Balaban J connectivity index is 1.30. The molecule has 4 rings (SSSR count). The van der Waals surface area contributed by atoms with Gasteiger partial charge in [0, 0.05) is 25.4 Å². The lowest BCUT2D eigenvalue weighted by Gasteiger charge is -2.44. The molecule has 4 amide bonds. The highest BCUT2D eigenvalue weighted by Crippen LogP contribution is 2.36. The van der Waals surface area contributed by atoms with Gasteiger partial charge in [0.15, 0.2) is 0 Å². The molecule has 33 heavy (non-hydrogen) atoms. The number of allylic oxidation sites excluding steroid dienone is 3. The van der Waals surface area contributed by atoms with Crippen molar-refractivity contribution in [2.24, 2.45) is 0 Å². The lowest BCUT2D eigenvalue weighted by molar-refractivity contribution is -0.143. The van der Waals surface area contributed by atoms with E-state index in [2.05, 4.69) is 33.0 Å². The Hall–Kier alpha value is -3.08. The number of carbonyl (C=O) groups excluding carboxylic acids is 3. The van der Waals surface area contributed by atoms with Gasteiger partial charge in [0.25, 0.3) is 0 Å². The molecule has 2 unspecified atom stereocenters. The molecule has 3 aliphatic heterocycles. The van der Waals surface area contributed by atoms with E-state index in [1.165, 1.54) is 0 Å². The first-order valence-corrected chi connectivity index (χ1v) is 11.5. The van der Waals surface area contributed by atoms with Crippen LogP contribution in [0.5, 0.6) is 0 Å². The maximum absolute atomic E-state index is 12.7. The molecule has 3 heterocycles. The third-order valence-corrected chi connectivity index (χ3v) is 6.80. The van der Waals surface area contributed by atoms with Gasteiger partial charge in [-0.3, -0.25) is 9.59 Å². The van der Waals surface area contributed by atoms with Crippen molar-refractivity contribution in [1.82, 2.24) is 25.8 Å². The van der Waals surface area contributed by atoms with Gasteiger partial charge in [-0.2, -0.15) is 0 Å².